The minimum atomic E-state index is -5.12. The van der Waals surface area contributed by atoms with Crippen LogP contribution in [-0.4, -0.2) is 55.5 Å². The van der Waals surface area contributed by atoms with E-state index in [9.17, 15) is 44.3 Å². The zero-order chi connectivity index (χ0) is 35.1. The van der Waals surface area contributed by atoms with Crippen molar-refractivity contribution in [3.8, 4) is 5.75 Å². The van der Waals surface area contributed by atoms with Gasteiger partial charge in [-0.25, -0.2) is 9.97 Å². The number of hydrogen-bond donors (Lipinski definition) is 0. The fourth-order valence-electron chi connectivity index (χ4n) is 4.85. The molecule has 4 rings (SSSR count). The predicted molar refractivity (Wildman–Crippen MR) is 154 cm³/mol. The van der Waals surface area contributed by atoms with Crippen LogP contribution in [0.15, 0.2) is 48.8 Å². The summed E-state index contributed by atoms with van der Waals surface area (Å²) in [5.41, 5.74) is -4.17. The van der Waals surface area contributed by atoms with Crippen LogP contribution >= 0.6 is 0 Å². The number of aromatic nitrogens is 2. The van der Waals surface area contributed by atoms with Crippen molar-refractivity contribution in [3.63, 3.8) is 0 Å². The molecule has 0 saturated carbocycles. The maximum Gasteiger partial charge on any atom is 0.416 e. The highest BCUT2D eigenvalue weighted by molar-refractivity contribution is 5.69. The summed E-state index contributed by atoms with van der Waals surface area (Å²) >= 11 is 0. The van der Waals surface area contributed by atoms with Crippen LogP contribution in [0.25, 0.3) is 0 Å². The zero-order valence-electron chi connectivity index (χ0n) is 25.5. The molecule has 48 heavy (non-hydrogen) atoms. The Bertz CT molecular complexity index is 1490. The van der Waals surface area contributed by atoms with E-state index in [1.54, 1.807) is 6.92 Å². The first kappa shape index (κ1) is 36.6. The van der Waals surface area contributed by atoms with Gasteiger partial charge in [0.25, 0.3) is 0 Å². The maximum absolute atomic E-state index is 13.8. The lowest BCUT2D eigenvalue weighted by Crippen LogP contribution is -2.36. The normalized spacial score (nSPS) is 14.2. The summed E-state index contributed by atoms with van der Waals surface area (Å²) in [6.07, 6.45) is -12.1. The van der Waals surface area contributed by atoms with Crippen molar-refractivity contribution >= 4 is 17.6 Å². The number of rotatable bonds is 12. The molecule has 1 fully saturated rings. The van der Waals surface area contributed by atoms with Crippen molar-refractivity contribution in [2.24, 2.45) is 0 Å². The lowest BCUT2D eigenvalue weighted by atomic mass is 10.0. The quantitative estimate of drug-likeness (QED) is 0.111. The van der Waals surface area contributed by atoms with Gasteiger partial charge in [-0.1, -0.05) is 0 Å². The van der Waals surface area contributed by atoms with Gasteiger partial charge in [0.2, 0.25) is 5.95 Å². The summed E-state index contributed by atoms with van der Waals surface area (Å²) in [6.45, 7) is 2.41. The number of benzene rings is 2. The molecule has 0 N–H and O–H groups in total. The fraction of sp³-hybridized carbons (Fsp3) is 0.452. The highest BCUT2D eigenvalue weighted by Crippen LogP contribution is 2.38. The topological polar surface area (TPSA) is 77.0 Å². The largest absolute Gasteiger partial charge is 0.493 e. The second-order valence-electron chi connectivity index (χ2n) is 10.7. The van der Waals surface area contributed by atoms with Gasteiger partial charge in [0.15, 0.2) is 0 Å². The SMILES string of the molecule is CCOC(=O)CCCOc1ccc(C(F)(F)F)cc1CN(Cc1cc(C(F)(F)F)cc(C(F)(F)F)c1)c1ncc(N2CCOCC2)cn1. The summed E-state index contributed by atoms with van der Waals surface area (Å²) in [5.74, 6) is -0.734. The Labute approximate surface area is 269 Å². The third-order valence-electron chi connectivity index (χ3n) is 7.14. The number of anilines is 2. The Morgan fingerprint density at radius 1 is 0.854 bits per heavy atom. The average Bonchev–Trinajstić information content (AvgIpc) is 3.02. The molecule has 0 bridgehead atoms. The summed E-state index contributed by atoms with van der Waals surface area (Å²) < 4.78 is 139. The van der Waals surface area contributed by atoms with Crippen LogP contribution in [0.3, 0.4) is 0 Å². The van der Waals surface area contributed by atoms with Crippen LogP contribution in [0.4, 0.5) is 51.1 Å². The highest BCUT2D eigenvalue weighted by atomic mass is 19.4. The molecule has 262 valence electrons. The van der Waals surface area contributed by atoms with Crippen LogP contribution < -0.4 is 14.5 Å². The van der Waals surface area contributed by atoms with Crippen LogP contribution in [0.1, 0.15) is 47.6 Å². The molecule has 0 amide bonds. The Hall–Kier alpha value is -4.28. The molecule has 1 aliphatic heterocycles. The molecular formula is C31H31F9N4O4. The van der Waals surface area contributed by atoms with Crippen molar-refractivity contribution in [2.75, 3.05) is 49.3 Å². The van der Waals surface area contributed by atoms with Gasteiger partial charge in [-0.2, -0.15) is 39.5 Å². The summed E-state index contributed by atoms with van der Waals surface area (Å²) in [7, 11) is 0. The van der Waals surface area contributed by atoms with Crippen molar-refractivity contribution in [1.29, 1.82) is 0 Å². The van der Waals surface area contributed by atoms with E-state index in [0.717, 1.165) is 23.1 Å². The first-order chi connectivity index (χ1) is 22.5. The average molecular weight is 695 g/mol. The fourth-order valence-corrected chi connectivity index (χ4v) is 4.85. The molecule has 2 heterocycles. The second-order valence-corrected chi connectivity index (χ2v) is 10.7. The van der Waals surface area contributed by atoms with Gasteiger partial charge < -0.3 is 24.0 Å². The number of halogens is 9. The number of ether oxygens (including phenoxy) is 3. The number of alkyl halides is 9. The molecule has 17 heteroatoms. The highest BCUT2D eigenvalue weighted by Gasteiger charge is 2.37. The lowest BCUT2D eigenvalue weighted by molar-refractivity contribution is -0.144. The van der Waals surface area contributed by atoms with E-state index in [0.29, 0.717) is 44.1 Å². The smallest absolute Gasteiger partial charge is 0.416 e. The van der Waals surface area contributed by atoms with Crippen LogP contribution in [0.5, 0.6) is 5.75 Å². The first-order valence-corrected chi connectivity index (χ1v) is 14.7. The third kappa shape index (κ3) is 10.1. The van der Waals surface area contributed by atoms with Gasteiger partial charge in [-0.3, -0.25) is 4.79 Å². The molecule has 0 atom stereocenters. The Kier molecular flexibility index (Phi) is 11.6. The molecule has 1 aromatic heterocycles. The number of morpholine rings is 1. The molecule has 2 aromatic carbocycles. The summed E-state index contributed by atoms with van der Waals surface area (Å²) in [4.78, 5) is 23.3. The van der Waals surface area contributed by atoms with Crippen molar-refractivity contribution in [1.82, 2.24) is 9.97 Å². The van der Waals surface area contributed by atoms with Crippen LogP contribution in [-0.2, 0) is 45.9 Å². The lowest BCUT2D eigenvalue weighted by Gasteiger charge is -2.29. The molecule has 0 unspecified atom stereocenters. The summed E-state index contributed by atoms with van der Waals surface area (Å²) in [5, 5.41) is 0. The molecule has 0 spiro atoms. The monoisotopic (exact) mass is 694 g/mol. The van der Waals surface area contributed by atoms with Crippen LogP contribution in [0.2, 0.25) is 0 Å². The molecule has 8 nitrogen and oxygen atoms in total. The van der Waals surface area contributed by atoms with E-state index in [1.165, 1.54) is 12.4 Å². The summed E-state index contributed by atoms with van der Waals surface area (Å²) in [6, 6.07) is 3.63. The Morgan fingerprint density at radius 2 is 1.46 bits per heavy atom. The van der Waals surface area contributed by atoms with E-state index in [1.807, 2.05) is 4.90 Å². The molecule has 1 saturated heterocycles. The maximum atomic E-state index is 13.8. The van der Waals surface area contributed by atoms with Gasteiger partial charge in [0.1, 0.15) is 5.75 Å². The van der Waals surface area contributed by atoms with E-state index >= 15 is 0 Å². The van der Waals surface area contributed by atoms with E-state index in [4.69, 9.17) is 14.2 Å². The van der Waals surface area contributed by atoms with E-state index in [2.05, 4.69) is 9.97 Å². The zero-order valence-corrected chi connectivity index (χ0v) is 25.5. The molecule has 1 aliphatic rings. The number of esters is 1. The first-order valence-electron chi connectivity index (χ1n) is 14.7. The number of carbonyl (C=O) groups excluding carboxylic acids is 1. The third-order valence-corrected chi connectivity index (χ3v) is 7.14. The Morgan fingerprint density at radius 3 is 2.02 bits per heavy atom. The second kappa shape index (κ2) is 15.3. The van der Waals surface area contributed by atoms with Gasteiger partial charge >= 0.3 is 24.5 Å². The Balaban J connectivity index is 1.73. The van der Waals surface area contributed by atoms with Gasteiger partial charge in [0, 0.05) is 38.2 Å². The minimum Gasteiger partial charge on any atom is -0.493 e. The molecule has 0 radical (unpaired) electrons. The van der Waals surface area contributed by atoms with E-state index in [-0.39, 0.29) is 49.4 Å². The van der Waals surface area contributed by atoms with Gasteiger partial charge in [-0.15, -0.1) is 0 Å². The number of nitrogens with zero attached hydrogens (tertiary/aromatic N) is 4. The van der Waals surface area contributed by atoms with Gasteiger partial charge in [0.05, 0.1) is 61.2 Å². The van der Waals surface area contributed by atoms with Crippen LogP contribution in [0, 0.1) is 0 Å². The van der Waals surface area contributed by atoms with Gasteiger partial charge in [-0.05, 0) is 55.3 Å². The minimum absolute atomic E-state index is 0.0174. The van der Waals surface area contributed by atoms with E-state index < -0.39 is 59.8 Å². The predicted octanol–water partition coefficient (Wildman–Crippen LogP) is 7.30. The molecule has 0 aliphatic carbocycles. The number of hydrogen-bond acceptors (Lipinski definition) is 8. The van der Waals surface area contributed by atoms with Crippen molar-refractivity contribution in [3.05, 3.63) is 76.6 Å². The van der Waals surface area contributed by atoms with Crippen molar-refractivity contribution < 1.29 is 58.5 Å². The number of carbonyl (C=O) groups is 1. The van der Waals surface area contributed by atoms with Crippen molar-refractivity contribution in [2.45, 2.75) is 51.4 Å². The molecule has 3 aromatic rings. The standard InChI is InChI=1S/C31H31F9N4O4/c1-2-47-27(45)4-3-9-48-26-6-5-22(29(32,33)34)14-21(26)19-44(28-41-16-25(17-42-28)43-7-10-46-11-8-43)18-20-12-23(30(35,36)37)15-24(13-20)31(38,39)40/h5-6,12-17H,2-4,7-11,18-19H2,1H3. The molecular weight excluding hydrogens is 663 g/mol.